The lowest BCUT2D eigenvalue weighted by Crippen LogP contribution is -2.49. The first kappa shape index (κ1) is 27.6. The highest BCUT2D eigenvalue weighted by Crippen LogP contribution is 2.61. The average Bonchev–Trinajstić information content (AvgIpc) is 3.22. The van der Waals surface area contributed by atoms with Gasteiger partial charge in [-0.2, -0.15) is 0 Å². The number of ether oxygens (including phenoxy) is 1. The molecule has 0 spiro atoms. The van der Waals surface area contributed by atoms with Crippen molar-refractivity contribution in [1.29, 1.82) is 0 Å². The van der Waals surface area contributed by atoms with Crippen LogP contribution in [0.15, 0.2) is 47.4 Å². The van der Waals surface area contributed by atoms with E-state index in [1.165, 1.54) is 35.4 Å². The van der Waals surface area contributed by atoms with Gasteiger partial charge in [-0.25, -0.2) is 18.4 Å². The molecule has 6 atom stereocenters. The number of nitrogens with one attached hydrogen (secondary N) is 1. The summed E-state index contributed by atoms with van der Waals surface area (Å²) < 4.78 is 29.2. The summed E-state index contributed by atoms with van der Waals surface area (Å²) in [6.07, 6.45) is 5.65. The zero-order chi connectivity index (χ0) is 28.1. The highest BCUT2D eigenvalue weighted by molar-refractivity contribution is 7.89. The van der Waals surface area contributed by atoms with Crippen LogP contribution in [0, 0.1) is 23.2 Å². The van der Waals surface area contributed by atoms with Crippen LogP contribution in [0.2, 0.25) is 0 Å². The standard InChI is InChI=1S/C30H38N2O6S/c1-17(2)27(32-28(34)18-4-8-21(9-5-18)39(31,36)37)29(35)38-26-13-12-25-24-10-6-19-16-20(33)7-11-22(19)23(24)14-15-30(25,26)3/h4-5,7-9,11,16-17,23-27,33H,6,10,12-15H2,1-3H3,(H,32,34)(H2,31,36,37)/t23?,24?,25?,26-,27-,30-/m0/s1. The van der Waals surface area contributed by atoms with Crippen molar-refractivity contribution in [3.63, 3.8) is 0 Å². The molecule has 9 heteroatoms. The van der Waals surface area contributed by atoms with E-state index >= 15 is 0 Å². The van der Waals surface area contributed by atoms with Gasteiger partial charge in [-0.3, -0.25) is 4.79 Å². The summed E-state index contributed by atoms with van der Waals surface area (Å²) in [5.41, 5.74) is 2.75. The van der Waals surface area contributed by atoms with Gasteiger partial charge in [0, 0.05) is 11.0 Å². The van der Waals surface area contributed by atoms with Gasteiger partial charge in [-0.1, -0.05) is 26.8 Å². The fourth-order valence-electron chi connectivity index (χ4n) is 7.45. The third kappa shape index (κ3) is 5.18. The number of phenolic OH excluding ortho intramolecular Hbond substituents is 1. The summed E-state index contributed by atoms with van der Waals surface area (Å²) in [6.45, 7) is 5.98. The summed E-state index contributed by atoms with van der Waals surface area (Å²) in [5.74, 6) is 0.689. The second-order valence-corrected chi connectivity index (χ2v) is 13.7. The van der Waals surface area contributed by atoms with Crippen molar-refractivity contribution in [3.05, 3.63) is 59.2 Å². The Balaban J connectivity index is 1.27. The predicted octanol–water partition coefficient (Wildman–Crippen LogP) is 4.26. The number of sulfonamides is 1. The Morgan fingerprint density at radius 2 is 1.79 bits per heavy atom. The Bertz CT molecular complexity index is 1370. The largest absolute Gasteiger partial charge is 0.508 e. The van der Waals surface area contributed by atoms with Crippen LogP contribution in [0.1, 0.15) is 80.3 Å². The zero-order valence-corrected chi connectivity index (χ0v) is 23.5. The lowest BCUT2D eigenvalue weighted by molar-refractivity contribution is -0.161. The summed E-state index contributed by atoms with van der Waals surface area (Å²) >= 11 is 0. The summed E-state index contributed by atoms with van der Waals surface area (Å²) in [7, 11) is -3.86. The van der Waals surface area contributed by atoms with Crippen molar-refractivity contribution in [2.45, 2.75) is 82.3 Å². The van der Waals surface area contributed by atoms with Gasteiger partial charge in [0.25, 0.3) is 5.91 Å². The number of hydrogen-bond donors (Lipinski definition) is 3. The highest BCUT2D eigenvalue weighted by atomic mass is 32.2. The van der Waals surface area contributed by atoms with Crippen LogP contribution in [-0.4, -0.2) is 37.5 Å². The normalized spacial score (nSPS) is 28.6. The van der Waals surface area contributed by atoms with E-state index in [4.69, 9.17) is 9.88 Å². The molecule has 3 aliphatic carbocycles. The molecule has 2 aromatic carbocycles. The molecule has 1 amide bonds. The first-order valence-corrected chi connectivity index (χ1v) is 15.4. The second-order valence-electron chi connectivity index (χ2n) is 12.1. The van der Waals surface area contributed by atoms with Crippen molar-refractivity contribution in [3.8, 4) is 5.75 Å². The van der Waals surface area contributed by atoms with Crippen LogP contribution in [0.25, 0.3) is 0 Å². The fourth-order valence-corrected chi connectivity index (χ4v) is 7.96. The highest BCUT2D eigenvalue weighted by Gasteiger charge is 2.56. The van der Waals surface area contributed by atoms with E-state index in [2.05, 4.69) is 18.3 Å². The van der Waals surface area contributed by atoms with E-state index < -0.39 is 27.9 Å². The van der Waals surface area contributed by atoms with Crippen molar-refractivity contribution < 1.29 is 27.9 Å². The first-order chi connectivity index (χ1) is 18.4. The number of amides is 1. The van der Waals surface area contributed by atoms with Gasteiger partial charge >= 0.3 is 5.97 Å². The number of esters is 1. The molecule has 210 valence electrons. The number of primary sulfonamides is 1. The molecule has 0 aliphatic heterocycles. The van der Waals surface area contributed by atoms with Crippen LogP contribution in [0.5, 0.6) is 5.75 Å². The van der Waals surface area contributed by atoms with E-state index in [-0.39, 0.29) is 27.9 Å². The lowest BCUT2D eigenvalue weighted by atomic mass is 9.55. The van der Waals surface area contributed by atoms with Crippen molar-refractivity contribution in [1.82, 2.24) is 5.32 Å². The molecular formula is C30H38N2O6S. The number of aryl methyl sites for hydroxylation is 1. The minimum absolute atomic E-state index is 0.0859. The number of nitrogens with two attached hydrogens (primary N) is 1. The maximum absolute atomic E-state index is 13.4. The van der Waals surface area contributed by atoms with Gasteiger partial charge in [0.05, 0.1) is 4.90 Å². The minimum Gasteiger partial charge on any atom is -0.508 e. The molecule has 39 heavy (non-hydrogen) atoms. The van der Waals surface area contributed by atoms with Crippen LogP contribution in [-0.2, 0) is 26.0 Å². The molecule has 2 aromatic rings. The Hall–Kier alpha value is -2.91. The molecule has 0 aromatic heterocycles. The van der Waals surface area contributed by atoms with Gasteiger partial charge in [0.1, 0.15) is 17.9 Å². The van der Waals surface area contributed by atoms with Crippen molar-refractivity contribution in [2.24, 2.45) is 28.3 Å². The Kier molecular flexibility index (Phi) is 7.26. The average molecular weight is 555 g/mol. The number of fused-ring (bicyclic) bond motifs is 5. The van der Waals surface area contributed by atoms with Crippen LogP contribution in [0.4, 0.5) is 0 Å². The summed E-state index contributed by atoms with van der Waals surface area (Å²) in [4.78, 5) is 26.3. The molecule has 3 aliphatic rings. The molecule has 3 unspecified atom stereocenters. The van der Waals surface area contributed by atoms with Crippen LogP contribution in [0.3, 0.4) is 0 Å². The van der Waals surface area contributed by atoms with E-state index in [0.717, 1.165) is 38.5 Å². The zero-order valence-electron chi connectivity index (χ0n) is 22.7. The Morgan fingerprint density at radius 3 is 2.46 bits per heavy atom. The molecule has 0 bridgehead atoms. The Morgan fingerprint density at radius 1 is 1.08 bits per heavy atom. The molecule has 4 N–H and O–H groups in total. The molecule has 2 saturated carbocycles. The fraction of sp³-hybridized carbons (Fsp3) is 0.533. The SMILES string of the molecule is CC(C)[C@H](NC(=O)c1ccc(S(N)(=O)=O)cc1)C(=O)O[C@H]1CCC2C3CCc4cc(O)ccc4C3CC[C@@]21C. The number of benzene rings is 2. The number of hydrogen-bond acceptors (Lipinski definition) is 6. The molecule has 0 saturated heterocycles. The molecule has 0 radical (unpaired) electrons. The molecule has 0 heterocycles. The third-order valence-electron chi connectivity index (χ3n) is 9.53. The predicted molar refractivity (Wildman–Crippen MR) is 147 cm³/mol. The van der Waals surface area contributed by atoms with Gasteiger partial charge < -0.3 is 15.2 Å². The molecular weight excluding hydrogens is 516 g/mol. The van der Waals surface area contributed by atoms with E-state index in [1.807, 2.05) is 19.9 Å². The second kappa shape index (κ2) is 10.2. The summed E-state index contributed by atoms with van der Waals surface area (Å²) in [5, 5.41) is 17.9. The first-order valence-electron chi connectivity index (χ1n) is 13.8. The third-order valence-corrected chi connectivity index (χ3v) is 10.5. The van der Waals surface area contributed by atoms with Gasteiger partial charge in [0.2, 0.25) is 10.0 Å². The van der Waals surface area contributed by atoms with Gasteiger partial charge in [-0.15, -0.1) is 0 Å². The maximum atomic E-state index is 13.4. The smallest absolute Gasteiger partial charge is 0.329 e. The molecule has 2 fully saturated rings. The van der Waals surface area contributed by atoms with Crippen LogP contribution < -0.4 is 10.5 Å². The van der Waals surface area contributed by atoms with Crippen LogP contribution >= 0.6 is 0 Å². The quantitative estimate of drug-likeness (QED) is 0.457. The van der Waals surface area contributed by atoms with Gasteiger partial charge in [0.15, 0.2) is 0 Å². The van der Waals surface area contributed by atoms with E-state index in [0.29, 0.717) is 23.5 Å². The van der Waals surface area contributed by atoms with E-state index in [9.17, 15) is 23.1 Å². The van der Waals surface area contributed by atoms with Gasteiger partial charge in [-0.05, 0) is 110 Å². The van der Waals surface area contributed by atoms with Crippen molar-refractivity contribution in [2.75, 3.05) is 0 Å². The number of rotatable bonds is 6. The topological polar surface area (TPSA) is 136 Å². The molecule has 5 rings (SSSR count). The number of carbonyl (C=O) groups excluding carboxylic acids is 2. The minimum atomic E-state index is -3.86. The number of aromatic hydroxyl groups is 1. The summed E-state index contributed by atoms with van der Waals surface area (Å²) in [6, 6.07) is 10.3. The van der Waals surface area contributed by atoms with Crippen molar-refractivity contribution >= 4 is 21.9 Å². The lowest BCUT2D eigenvalue weighted by Gasteiger charge is -2.50. The van der Waals surface area contributed by atoms with E-state index in [1.54, 1.807) is 6.07 Å². The maximum Gasteiger partial charge on any atom is 0.329 e. The number of phenols is 1. The number of carbonyl (C=O) groups is 2. The monoisotopic (exact) mass is 554 g/mol. The Labute approximate surface area is 230 Å². The molecule has 8 nitrogen and oxygen atoms in total.